The summed E-state index contributed by atoms with van der Waals surface area (Å²) in [6, 6.07) is 8.31. The van der Waals surface area contributed by atoms with E-state index in [1.807, 2.05) is 0 Å². The number of halogens is 5. The third kappa shape index (κ3) is 4.98. The smallest absolute Gasteiger partial charge is 0.291 e. The number of ether oxygens (including phenoxy) is 1. The van der Waals surface area contributed by atoms with Gasteiger partial charge in [0.15, 0.2) is 11.6 Å². The van der Waals surface area contributed by atoms with Crippen molar-refractivity contribution in [2.75, 3.05) is 6.54 Å². The molecule has 0 atom stereocenters. The van der Waals surface area contributed by atoms with E-state index in [-0.39, 0.29) is 27.2 Å². The first-order chi connectivity index (χ1) is 16.2. The van der Waals surface area contributed by atoms with E-state index in [1.54, 1.807) is 6.92 Å². The van der Waals surface area contributed by atoms with E-state index in [9.17, 15) is 18.0 Å². The summed E-state index contributed by atoms with van der Waals surface area (Å²) in [5.74, 6) is -5.63. The maximum atomic E-state index is 14.9. The Bertz CT molecular complexity index is 1250. The summed E-state index contributed by atoms with van der Waals surface area (Å²) < 4.78 is 49.7. The predicted molar refractivity (Wildman–Crippen MR) is 123 cm³/mol. The molecule has 3 aromatic rings. The minimum absolute atomic E-state index is 0.0464. The number of rotatable bonds is 6. The molecule has 0 fully saturated rings. The summed E-state index contributed by atoms with van der Waals surface area (Å²) in [5, 5.41) is 10.1. The molecule has 1 aromatic heterocycles. The van der Waals surface area contributed by atoms with Gasteiger partial charge in [0.25, 0.3) is 17.7 Å². The van der Waals surface area contributed by atoms with Crippen LogP contribution in [0.2, 0.25) is 10.0 Å². The van der Waals surface area contributed by atoms with Crippen molar-refractivity contribution in [3.63, 3.8) is 0 Å². The summed E-state index contributed by atoms with van der Waals surface area (Å²) in [5.41, 5.74) is 1.43. The van der Waals surface area contributed by atoms with Crippen molar-refractivity contribution in [3.05, 3.63) is 80.2 Å². The highest BCUT2D eigenvalue weighted by atomic mass is 35.5. The van der Waals surface area contributed by atoms with Crippen LogP contribution in [-0.4, -0.2) is 22.6 Å². The Labute approximate surface area is 204 Å². The molecule has 4 rings (SSSR count). The maximum Gasteiger partial charge on any atom is 0.291 e. The lowest BCUT2D eigenvalue weighted by Crippen LogP contribution is -2.36. The van der Waals surface area contributed by atoms with Gasteiger partial charge in [0, 0.05) is 5.56 Å². The molecular formula is C24H20Cl2F3N3O2. The number of aryl methyl sites for hydroxylation is 2. The number of hydrogen-bond donors (Lipinski definition) is 1. The highest BCUT2D eigenvalue weighted by Gasteiger charge is 2.35. The van der Waals surface area contributed by atoms with Gasteiger partial charge in [0.05, 0.1) is 22.3 Å². The molecule has 0 aliphatic heterocycles. The summed E-state index contributed by atoms with van der Waals surface area (Å²) in [6.45, 7) is 0.732. The standard InChI is InChI=1S/C24H20Cl2F3N3O2/c1-13-9-10-15(17(26)11-13)24(28,29)12-30-22(33)20-14-5-2-3-7-18(14)31-32-23(20)34-19-8-4-6-16(25)21(19)27/h4,6,8-11H,2-3,5,7,12H2,1H3,(H,30,33). The number of aromatic nitrogens is 2. The van der Waals surface area contributed by atoms with Crippen LogP contribution < -0.4 is 10.1 Å². The largest absolute Gasteiger partial charge is 0.434 e. The van der Waals surface area contributed by atoms with Gasteiger partial charge in [0.1, 0.15) is 5.56 Å². The molecule has 1 N–H and O–H groups in total. The number of alkyl halides is 2. The molecule has 178 valence electrons. The minimum atomic E-state index is -3.43. The van der Waals surface area contributed by atoms with Crippen LogP contribution in [0.25, 0.3) is 0 Å². The number of carbonyl (C=O) groups excluding carboxylic acids is 1. The van der Waals surface area contributed by atoms with Crippen LogP contribution >= 0.6 is 23.2 Å². The van der Waals surface area contributed by atoms with E-state index in [4.69, 9.17) is 27.9 Å². The van der Waals surface area contributed by atoms with Crippen molar-refractivity contribution in [2.24, 2.45) is 0 Å². The first-order valence-corrected chi connectivity index (χ1v) is 11.4. The Kier molecular flexibility index (Phi) is 7.00. The third-order valence-corrected chi connectivity index (χ3v) is 6.16. The van der Waals surface area contributed by atoms with Gasteiger partial charge in [-0.1, -0.05) is 41.4 Å². The van der Waals surface area contributed by atoms with Gasteiger partial charge in [-0.15, -0.1) is 5.10 Å². The van der Waals surface area contributed by atoms with E-state index >= 15 is 0 Å². The zero-order chi connectivity index (χ0) is 24.5. The summed E-state index contributed by atoms with van der Waals surface area (Å²) >= 11 is 11.8. The molecule has 1 amide bonds. The van der Waals surface area contributed by atoms with Crippen molar-refractivity contribution in [3.8, 4) is 11.6 Å². The lowest BCUT2D eigenvalue weighted by molar-refractivity contribution is -0.00242. The molecule has 0 bridgehead atoms. The van der Waals surface area contributed by atoms with Crippen molar-refractivity contribution < 1.29 is 22.7 Å². The Morgan fingerprint density at radius 3 is 2.65 bits per heavy atom. The molecule has 1 heterocycles. The molecule has 0 saturated carbocycles. The molecule has 0 radical (unpaired) electrons. The summed E-state index contributed by atoms with van der Waals surface area (Å²) in [4.78, 5) is 13.2. The fraction of sp³-hybridized carbons (Fsp3) is 0.292. The number of fused-ring (bicyclic) bond motifs is 1. The van der Waals surface area contributed by atoms with E-state index in [0.29, 0.717) is 24.1 Å². The number of nitrogens with zero attached hydrogens (tertiary/aromatic N) is 2. The van der Waals surface area contributed by atoms with Gasteiger partial charge in [0.2, 0.25) is 0 Å². The Hall–Kier alpha value is -2.84. The predicted octanol–water partition coefficient (Wildman–Crippen LogP) is 6.42. The molecular weight excluding hydrogens is 490 g/mol. The first kappa shape index (κ1) is 24.3. The molecule has 0 spiro atoms. The SMILES string of the molecule is Cc1ccc(C(F)(F)CNC(=O)c2c(Oc3cccc(Cl)c3F)nnc3c2CCCC3)c(Cl)c1. The zero-order valence-corrected chi connectivity index (χ0v) is 19.6. The van der Waals surface area contributed by atoms with Gasteiger partial charge >= 0.3 is 0 Å². The lowest BCUT2D eigenvalue weighted by atomic mass is 9.92. The van der Waals surface area contributed by atoms with Crippen molar-refractivity contribution in [2.45, 2.75) is 38.5 Å². The fourth-order valence-electron chi connectivity index (χ4n) is 3.82. The van der Waals surface area contributed by atoms with Crippen molar-refractivity contribution in [1.29, 1.82) is 0 Å². The van der Waals surface area contributed by atoms with E-state index in [1.165, 1.54) is 36.4 Å². The highest BCUT2D eigenvalue weighted by Crippen LogP contribution is 2.35. The number of hydrogen-bond acceptors (Lipinski definition) is 4. The topological polar surface area (TPSA) is 64.1 Å². The second-order valence-corrected chi connectivity index (χ2v) is 8.85. The van der Waals surface area contributed by atoms with Crippen molar-refractivity contribution in [1.82, 2.24) is 15.5 Å². The molecule has 34 heavy (non-hydrogen) atoms. The van der Waals surface area contributed by atoms with Crippen LogP contribution in [0.4, 0.5) is 13.2 Å². The van der Waals surface area contributed by atoms with Crippen LogP contribution in [0.15, 0.2) is 36.4 Å². The normalized spacial score (nSPS) is 13.4. The molecule has 10 heteroatoms. The van der Waals surface area contributed by atoms with Crippen LogP contribution in [0.3, 0.4) is 0 Å². The lowest BCUT2D eigenvalue weighted by Gasteiger charge is -2.22. The molecule has 2 aromatic carbocycles. The van der Waals surface area contributed by atoms with Crippen molar-refractivity contribution >= 4 is 29.1 Å². The molecule has 0 saturated heterocycles. The molecule has 5 nitrogen and oxygen atoms in total. The second kappa shape index (κ2) is 9.80. The Balaban J connectivity index is 1.65. The second-order valence-electron chi connectivity index (χ2n) is 8.04. The monoisotopic (exact) mass is 509 g/mol. The number of carbonyl (C=O) groups is 1. The molecule has 1 aliphatic rings. The Morgan fingerprint density at radius 1 is 1.12 bits per heavy atom. The fourth-order valence-corrected chi connectivity index (χ4v) is 4.36. The van der Waals surface area contributed by atoms with E-state index < -0.39 is 29.8 Å². The highest BCUT2D eigenvalue weighted by molar-refractivity contribution is 6.31. The van der Waals surface area contributed by atoms with Gasteiger partial charge in [-0.05, 0) is 61.9 Å². The zero-order valence-electron chi connectivity index (χ0n) is 18.1. The maximum absolute atomic E-state index is 14.9. The van der Waals surface area contributed by atoms with Gasteiger partial charge in [-0.25, -0.2) is 4.39 Å². The molecule has 0 unspecified atom stereocenters. The summed E-state index contributed by atoms with van der Waals surface area (Å²) in [6.07, 6.45) is 2.71. The quantitative estimate of drug-likeness (QED) is 0.416. The third-order valence-electron chi connectivity index (χ3n) is 5.56. The average Bonchev–Trinajstić information content (AvgIpc) is 2.80. The van der Waals surface area contributed by atoms with Gasteiger partial charge in [-0.2, -0.15) is 13.9 Å². The van der Waals surface area contributed by atoms with Crippen LogP contribution in [0.1, 0.15) is 45.6 Å². The van der Waals surface area contributed by atoms with Gasteiger partial charge in [-0.3, -0.25) is 4.79 Å². The first-order valence-electron chi connectivity index (χ1n) is 10.6. The van der Waals surface area contributed by atoms with Crippen LogP contribution in [0, 0.1) is 12.7 Å². The van der Waals surface area contributed by atoms with Gasteiger partial charge < -0.3 is 10.1 Å². The molecule has 1 aliphatic carbocycles. The minimum Gasteiger partial charge on any atom is -0.434 e. The average molecular weight is 510 g/mol. The Morgan fingerprint density at radius 2 is 1.88 bits per heavy atom. The van der Waals surface area contributed by atoms with E-state index in [0.717, 1.165) is 18.4 Å². The number of amides is 1. The summed E-state index contributed by atoms with van der Waals surface area (Å²) in [7, 11) is 0. The number of nitrogens with one attached hydrogen (secondary N) is 1. The van der Waals surface area contributed by atoms with Crippen LogP contribution in [0.5, 0.6) is 11.6 Å². The van der Waals surface area contributed by atoms with E-state index in [2.05, 4.69) is 15.5 Å². The van der Waals surface area contributed by atoms with Crippen LogP contribution in [-0.2, 0) is 18.8 Å². The number of benzene rings is 2.